The number of carbonyl (C=O) groups is 1. The maximum atomic E-state index is 12.7. The Hall–Kier alpha value is -2.22. The molecule has 0 aliphatic carbocycles. The van der Waals surface area contributed by atoms with Gasteiger partial charge in [-0.25, -0.2) is 0 Å². The maximum absolute atomic E-state index is 12.7. The van der Waals surface area contributed by atoms with Gasteiger partial charge < -0.3 is 10.2 Å². The summed E-state index contributed by atoms with van der Waals surface area (Å²) in [6, 6.07) is 13.0. The van der Waals surface area contributed by atoms with E-state index < -0.39 is 0 Å². The summed E-state index contributed by atoms with van der Waals surface area (Å²) in [6.45, 7) is 0. The van der Waals surface area contributed by atoms with E-state index >= 15 is 0 Å². The van der Waals surface area contributed by atoms with Crippen molar-refractivity contribution in [3.8, 4) is 17.3 Å². The number of benzene rings is 2. The van der Waals surface area contributed by atoms with E-state index in [1.165, 1.54) is 0 Å². The van der Waals surface area contributed by atoms with Crippen molar-refractivity contribution in [1.29, 1.82) is 5.26 Å². The number of amides is 1. The van der Waals surface area contributed by atoms with Gasteiger partial charge in [-0.2, -0.15) is 5.26 Å². The summed E-state index contributed by atoms with van der Waals surface area (Å²) in [6.07, 6.45) is 5.10. The lowest BCUT2D eigenvalue weighted by molar-refractivity contribution is 0.0928. The van der Waals surface area contributed by atoms with E-state index in [-0.39, 0.29) is 24.0 Å². The predicted octanol–water partition coefficient (Wildman–Crippen LogP) is 4.48. The summed E-state index contributed by atoms with van der Waals surface area (Å²) in [5.74, 6) is -0.125. The molecule has 26 heavy (non-hydrogen) atoms. The molecule has 2 aliphatic heterocycles. The topological polar surface area (TPSA) is 56.1 Å². The second kappa shape index (κ2) is 6.83. The third-order valence-electron chi connectivity index (χ3n) is 5.33. The molecule has 2 aromatic carbocycles. The minimum Gasteiger partial charge on any atom is -0.347 e. The third kappa shape index (κ3) is 3.02. The highest BCUT2D eigenvalue weighted by molar-refractivity contribution is 6.35. The average Bonchev–Trinajstić information content (AvgIpc) is 3.20. The van der Waals surface area contributed by atoms with Gasteiger partial charge in [0.15, 0.2) is 6.19 Å². The molecule has 6 heteroatoms. The third-order valence-corrected chi connectivity index (χ3v) is 5.90. The fraction of sp³-hybridized carbons (Fsp3) is 0.300. The van der Waals surface area contributed by atoms with Crippen molar-refractivity contribution in [2.45, 2.75) is 37.4 Å². The van der Waals surface area contributed by atoms with Crippen LogP contribution in [-0.2, 0) is 0 Å². The van der Waals surface area contributed by atoms with Gasteiger partial charge in [0.25, 0.3) is 5.91 Å². The number of hydrogen-bond donors (Lipinski definition) is 1. The molecule has 0 aromatic heterocycles. The first-order chi connectivity index (χ1) is 12.6. The first kappa shape index (κ1) is 17.2. The van der Waals surface area contributed by atoms with Crippen LogP contribution in [0.25, 0.3) is 11.1 Å². The first-order valence-corrected chi connectivity index (χ1v) is 9.37. The highest BCUT2D eigenvalue weighted by atomic mass is 35.5. The molecule has 0 spiro atoms. The van der Waals surface area contributed by atoms with Crippen molar-refractivity contribution in [1.82, 2.24) is 10.2 Å². The Morgan fingerprint density at radius 2 is 2.04 bits per heavy atom. The molecule has 3 atom stereocenters. The molecule has 2 aromatic rings. The Labute approximate surface area is 162 Å². The highest BCUT2D eigenvalue weighted by Crippen LogP contribution is 2.37. The molecule has 0 saturated carbocycles. The number of nitrogens with zero attached hydrogens (tertiary/aromatic N) is 2. The van der Waals surface area contributed by atoms with Gasteiger partial charge in [-0.3, -0.25) is 4.79 Å². The number of halogens is 2. The van der Waals surface area contributed by atoms with Crippen LogP contribution in [0.5, 0.6) is 0 Å². The quantitative estimate of drug-likeness (QED) is 0.792. The second-order valence-electron chi connectivity index (χ2n) is 6.83. The lowest BCUT2D eigenvalue weighted by atomic mass is 9.95. The van der Waals surface area contributed by atoms with Crippen molar-refractivity contribution in [2.24, 2.45) is 0 Å². The molecular weight excluding hydrogens is 369 g/mol. The van der Waals surface area contributed by atoms with Gasteiger partial charge in [-0.15, -0.1) is 0 Å². The molecular formula is C20H17Cl2N3O. The van der Waals surface area contributed by atoms with Gasteiger partial charge in [0.1, 0.15) is 0 Å². The van der Waals surface area contributed by atoms with Gasteiger partial charge >= 0.3 is 0 Å². The predicted molar refractivity (Wildman–Crippen MR) is 102 cm³/mol. The smallest absolute Gasteiger partial charge is 0.251 e. The Balaban J connectivity index is 1.55. The van der Waals surface area contributed by atoms with Gasteiger partial charge in [-0.05, 0) is 55.2 Å². The van der Waals surface area contributed by atoms with E-state index in [1.54, 1.807) is 24.3 Å². The fourth-order valence-electron chi connectivity index (χ4n) is 4.10. The highest BCUT2D eigenvalue weighted by Gasteiger charge is 2.46. The molecule has 0 unspecified atom stereocenters. The summed E-state index contributed by atoms with van der Waals surface area (Å²) >= 11 is 12.4. The zero-order valence-corrected chi connectivity index (χ0v) is 15.5. The standard InChI is InChI=1S/C20H17Cl2N3O/c21-14-4-6-17(22)16(9-14)12-2-1-3-13(8-12)20(26)24-18-10-15-5-7-19(18)25(15)11-23/h1-4,6,8-9,15,18-19H,5,7,10H2,(H,24,26)/t15-,18+,19+/m0/s1. The molecule has 2 fully saturated rings. The van der Waals surface area contributed by atoms with Crippen molar-refractivity contribution >= 4 is 29.1 Å². The zero-order chi connectivity index (χ0) is 18.3. The van der Waals surface area contributed by atoms with Crippen molar-refractivity contribution in [2.75, 3.05) is 0 Å². The minimum atomic E-state index is -0.125. The summed E-state index contributed by atoms with van der Waals surface area (Å²) in [4.78, 5) is 14.6. The van der Waals surface area contributed by atoms with Gasteiger partial charge in [0.05, 0.1) is 12.1 Å². The fourth-order valence-corrected chi connectivity index (χ4v) is 4.50. The number of hydrogen-bond acceptors (Lipinski definition) is 3. The Morgan fingerprint density at radius 3 is 2.81 bits per heavy atom. The molecule has 1 amide bonds. The largest absolute Gasteiger partial charge is 0.347 e. The molecule has 2 saturated heterocycles. The Kier molecular flexibility index (Phi) is 4.52. The lowest BCUT2D eigenvalue weighted by Gasteiger charge is -2.22. The van der Waals surface area contributed by atoms with Crippen LogP contribution in [0.3, 0.4) is 0 Å². The molecule has 4 rings (SSSR count). The normalized spacial score (nSPS) is 23.7. The molecule has 132 valence electrons. The van der Waals surface area contributed by atoms with Crippen LogP contribution in [0.1, 0.15) is 29.6 Å². The maximum Gasteiger partial charge on any atom is 0.251 e. The van der Waals surface area contributed by atoms with Crippen molar-refractivity contribution in [3.05, 3.63) is 58.1 Å². The van der Waals surface area contributed by atoms with Crippen LogP contribution in [0.2, 0.25) is 10.0 Å². The molecule has 4 nitrogen and oxygen atoms in total. The van der Waals surface area contributed by atoms with Crippen molar-refractivity contribution < 1.29 is 4.79 Å². The zero-order valence-electron chi connectivity index (χ0n) is 14.0. The monoisotopic (exact) mass is 385 g/mol. The van der Waals surface area contributed by atoms with E-state index in [0.29, 0.717) is 15.6 Å². The number of fused-ring (bicyclic) bond motifs is 2. The molecule has 2 heterocycles. The van der Waals surface area contributed by atoms with Crippen LogP contribution in [0.4, 0.5) is 0 Å². The number of nitriles is 1. The van der Waals surface area contributed by atoms with E-state index in [4.69, 9.17) is 23.2 Å². The summed E-state index contributed by atoms with van der Waals surface area (Å²) in [7, 11) is 0. The molecule has 2 bridgehead atoms. The van der Waals surface area contributed by atoms with E-state index in [9.17, 15) is 10.1 Å². The lowest BCUT2D eigenvalue weighted by Crippen LogP contribution is -2.43. The number of nitrogens with one attached hydrogen (secondary N) is 1. The van der Waals surface area contributed by atoms with Gasteiger partial charge in [0.2, 0.25) is 0 Å². The van der Waals surface area contributed by atoms with E-state index in [2.05, 4.69) is 11.5 Å². The molecule has 0 radical (unpaired) electrons. The summed E-state index contributed by atoms with van der Waals surface area (Å²) in [5, 5.41) is 13.6. The van der Waals surface area contributed by atoms with Crippen LogP contribution in [-0.4, -0.2) is 28.9 Å². The Bertz CT molecular complexity index is 908. The van der Waals surface area contributed by atoms with Crippen molar-refractivity contribution in [3.63, 3.8) is 0 Å². The molecule has 2 aliphatic rings. The van der Waals surface area contributed by atoms with Crippen LogP contribution >= 0.6 is 23.2 Å². The summed E-state index contributed by atoms with van der Waals surface area (Å²) < 4.78 is 0. The van der Waals surface area contributed by atoms with Crippen LogP contribution in [0, 0.1) is 11.5 Å². The summed E-state index contributed by atoms with van der Waals surface area (Å²) in [5.41, 5.74) is 2.21. The number of rotatable bonds is 3. The second-order valence-corrected chi connectivity index (χ2v) is 7.67. The number of carbonyl (C=O) groups excluding carboxylic acids is 1. The first-order valence-electron chi connectivity index (χ1n) is 8.61. The van der Waals surface area contributed by atoms with Crippen LogP contribution < -0.4 is 5.32 Å². The van der Waals surface area contributed by atoms with E-state index in [1.807, 2.05) is 23.1 Å². The average molecular weight is 386 g/mol. The minimum absolute atomic E-state index is 0.0271. The molecule has 1 N–H and O–H groups in total. The van der Waals surface area contributed by atoms with Gasteiger partial charge in [-0.1, -0.05) is 35.3 Å². The SMILES string of the molecule is N#CN1[C@H]2CC[C@@H]1[C@H](NC(=O)c1cccc(-c3cc(Cl)ccc3Cl)c1)C2. The van der Waals surface area contributed by atoms with Gasteiger partial charge in [0, 0.05) is 27.2 Å². The Morgan fingerprint density at radius 1 is 1.19 bits per heavy atom. The van der Waals surface area contributed by atoms with E-state index in [0.717, 1.165) is 30.4 Å². The van der Waals surface area contributed by atoms with Crippen LogP contribution in [0.15, 0.2) is 42.5 Å².